The molecule has 0 aromatic carbocycles. The zero-order valence-electron chi connectivity index (χ0n) is 9.25. The molecule has 1 saturated heterocycles. The monoisotopic (exact) mass is 198 g/mol. The summed E-state index contributed by atoms with van der Waals surface area (Å²) >= 11 is 0. The fraction of sp³-hybridized carbons (Fsp3) is 1.00. The van der Waals surface area contributed by atoms with Crippen LogP contribution in [0.4, 0.5) is 0 Å². The molecule has 0 aromatic rings. The largest absolute Gasteiger partial charge is 0.381 e. The third kappa shape index (κ3) is 2.27. The third-order valence-electron chi connectivity index (χ3n) is 3.77. The zero-order chi connectivity index (χ0) is 9.97. The first-order valence-electron chi connectivity index (χ1n) is 5.76. The van der Waals surface area contributed by atoms with E-state index in [-0.39, 0.29) is 0 Å². The van der Waals surface area contributed by atoms with Crippen molar-refractivity contribution in [3.05, 3.63) is 0 Å². The van der Waals surface area contributed by atoms with Gasteiger partial charge in [0, 0.05) is 13.2 Å². The van der Waals surface area contributed by atoms with E-state index in [4.69, 9.17) is 4.74 Å². The molecule has 82 valence electrons. The molecule has 1 heterocycles. The second-order valence-electron chi connectivity index (χ2n) is 4.83. The Morgan fingerprint density at radius 2 is 2.14 bits per heavy atom. The zero-order valence-corrected chi connectivity index (χ0v) is 9.25. The van der Waals surface area contributed by atoms with Crippen molar-refractivity contribution < 1.29 is 4.74 Å². The van der Waals surface area contributed by atoms with E-state index in [1.54, 1.807) is 0 Å². The molecule has 3 nitrogen and oxygen atoms in total. The number of ether oxygens (including phenoxy) is 1. The molecule has 14 heavy (non-hydrogen) atoms. The lowest BCUT2D eigenvalue weighted by Gasteiger charge is -2.35. The van der Waals surface area contributed by atoms with Crippen LogP contribution in [0.2, 0.25) is 0 Å². The van der Waals surface area contributed by atoms with Gasteiger partial charge in [-0.05, 0) is 44.3 Å². The minimum atomic E-state index is 0.520. The molecule has 1 aliphatic carbocycles. The van der Waals surface area contributed by atoms with Gasteiger partial charge in [0.15, 0.2) is 0 Å². The highest BCUT2D eigenvalue weighted by atomic mass is 16.5. The van der Waals surface area contributed by atoms with Crippen LogP contribution < -0.4 is 10.6 Å². The molecule has 0 amide bonds. The first-order valence-corrected chi connectivity index (χ1v) is 5.76. The highest BCUT2D eigenvalue weighted by molar-refractivity contribution is 4.88. The summed E-state index contributed by atoms with van der Waals surface area (Å²) in [5, 5.41) is 7.07. The molecule has 0 bridgehead atoms. The second kappa shape index (κ2) is 4.60. The summed E-state index contributed by atoms with van der Waals surface area (Å²) in [4.78, 5) is 0. The average Bonchev–Trinajstić information content (AvgIpc) is 2.49. The number of rotatable bonds is 4. The van der Waals surface area contributed by atoms with Crippen molar-refractivity contribution in [2.75, 3.05) is 26.7 Å². The van der Waals surface area contributed by atoms with E-state index in [9.17, 15) is 0 Å². The second-order valence-corrected chi connectivity index (χ2v) is 4.83. The molecule has 0 spiro atoms. The Balaban J connectivity index is 1.59. The van der Waals surface area contributed by atoms with Crippen LogP contribution in [0.25, 0.3) is 0 Å². The van der Waals surface area contributed by atoms with E-state index in [1.807, 2.05) is 7.11 Å². The minimum Gasteiger partial charge on any atom is -0.381 e. The van der Waals surface area contributed by atoms with Gasteiger partial charge in [-0.2, -0.15) is 0 Å². The summed E-state index contributed by atoms with van der Waals surface area (Å²) in [7, 11) is 1.81. The Labute approximate surface area is 86.6 Å². The van der Waals surface area contributed by atoms with Gasteiger partial charge in [0.25, 0.3) is 0 Å². The third-order valence-corrected chi connectivity index (χ3v) is 3.77. The number of nitrogens with one attached hydrogen (secondary N) is 2. The Morgan fingerprint density at radius 1 is 1.36 bits per heavy atom. The van der Waals surface area contributed by atoms with Gasteiger partial charge in [-0.1, -0.05) is 6.92 Å². The summed E-state index contributed by atoms with van der Waals surface area (Å²) in [6, 6.07) is 0.716. The molecule has 2 rings (SSSR count). The fourth-order valence-electron chi connectivity index (χ4n) is 2.38. The summed E-state index contributed by atoms with van der Waals surface area (Å²) in [6.45, 7) is 5.90. The predicted octanol–water partition coefficient (Wildman–Crippen LogP) is 0.609. The van der Waals surface area contributed by atoms with Gasteiger partial charge in [-0.15, -0.1) is 0 Å². The first kappa shape index (κ1) is 10.4. The smallest absolute Gasteiger partial charge is 0.0601 e. The van der Waals surface area contributed by atoms with Gasteiger partial charge < -0.3 is 15.4 Å². The first-order chi connectivity index (χ1) is 6.79. The quantitative estimate of drug-likeness (QED) is 0.694. The molecule has 2 fully saturated rings. The summed E-state index contributed by atoms with van der Waals surface area (Å²) in [5.74, 6) is 1.66. The van der Waals surface area contributed by atoms with Crippen molar-refractivity contribution >= 4 is 0 Å². The highest BCUT2D eigenvalue weighted by Gasteiger charge is 2.30. The molecular formula is C11H22N2O. The van der Waals surface area contributed by atoms with Crippen molar-refractivity contribution in [3.8, 4) is 0 Å². The van der Waals surface area contributed by atoms with Gasteiger partial charge >= 0.3 is 0 Å². The normalized spacial score (nSPS) is 42.4. The number of hydrogen-bond donors (Lipinski definition) is 2. The standard InChI is InChI=1S/C11H22N2O/c1-8-5-12-6-9(8)7-13-10-3-11(4-10)14-2/h8-13H,3-7H2,1-2H3/t8-,9+,10?,11?/m1/s1. The van der Waals surface area contributed by atoms with Gasteiger partial charge in [0.05, 0.1) is 6.10 Å². The lowest BCUT2D eigenvalue weighted by Crippen LogP contribution is -2.47. The van der Waals surface area contributed by atoms with Crippen LogP contribution in [0.15, 0.2) is 0 Å². The number of hydrogen-bond acceptors (Lipinski definition) is 3. The number of methoxy groups -OCH3 is 1. The van der Waals surface area contributed by atoms with E-state index in [2.05, 4.69) is 17.6 Å². The average molecular weight is 198 g/mol. The molecule has 1 saturated carbocycles. The Kier molecular flexibility index (Phi) is 3.42. The van der Waals surface area contributed by atoms with E-state index in [1.165, 1.54) is 32.5 Å². The topological polar surface area (TPSA) is 33.3 Å². The van der Waals surface area contributed by atoms with Crippen LogP contribution in [0.3, 0.4) is 0 Å². The minimum absolute atomic E-state index is 0.520. The molecule has 0 radical (unpaired) electrons. The predicted molar refractivity (Wildman–Crippen MR) is 57.3 cm³/mol. The molecular weight excluding hydrogens is 176 g/mol. The maximum atomic E-state index is 5.26. The maximum absolute atomic E-state index is 5.26. The molecule has 2 atom stereocenters. The molecule has 3 heteroatoms. The molecule has 1 aliphatic heterocycles. The van der Waals surface area contributed by atoms with Crippen LogP contribution >= 0.6 is 0 Å². The Bertz CT molecular complexity index is 180. The van der Waals surface area contributed by atoms with Gasteiger partial charge in [-0.25, -0.2) is 0 Å². The van der Waals surface area contributed by atoms with Gasteiger partial charge in [0.1, 0.15) is 0 Å². The highest BCUT2D eigenvalue weighted by Crippen LogP contribution is 2.23. The van der Waals surface area contributed by atoms with Gasteiger partial charge in [-0.3, -0.25) is 0 Å². The van der Waals surface area contributed by atoms with E-state index >= 15 is 0 Å². The van der Waals surface area contributed by atoms with Crippen molar-refractivity contribution in [3.63, 3.8) is 0 Å². The SMILES string of the molecule is COC1CC(NC[C@@H]2CNC[C@H]2C)C1. The Morgan fingerprint density at radius 3 is 2.71 bits per heavy atom. The lowest BCUT2D eigenvalue weighted by atomic mass is 9.88. The van der Waals surface area contributed by atoms with Crippen LogP contribution in [0, 0.1) is 11.8 Å². The van der Waals surface area contributed by atoms with Crippen LogP contribution in [-0.2, 0) is 4.74 Å². The van der Waals surface area contributed by atoms with Crippen molar-refractivity contribution in [2.24, 2.45) is 11.8 Å². The van der Waals surface area contributed by atoms with Crippen LogP contribution in [0.1, 0.15) is 19.8 Å². The molecule has 0 aromatic heterocycles. The van der Waals surface area contributed by atoms with Crippen molar-refractivity contribution in [1.29, 1.82) is 0 Å². The van der Waals surface area contributed by atoms with Crippen LogP contribution in [-0.4, -0.2) is 38.9 Å². The summed E-state index contributed by atoms with van der Waals surface area (Å²) < 4.78 is 5.26. The van der Waals surface area contributed by atoms with Gasteiger partial charge in [0.2, 0.25) is 0 Å². The Hall–Kier alpha value is -0.120. The molecule has 2 N–H and O–H groups in total. The van der Waals surface area contributed by atoms with Crippen LogP contribution in [0.5, 0.6) is 0 Å². The van der Waals surface area contributed by atoms with E-state index in [0.29, 0.717) is 12.1 Å². The molecule has 2 aliphatic rings. The summed E-state index contributed by atoms with van der Waals surface area (Å²) in [5.41, 5.74) is 0. The van der Waals surface area contributed by atoms with E-state index < -0.39 is 0 Å². The summed E-state index contributed by atoms with van der Waals surface area (Å²) in [6.07, 6.45) is 2.92. The van der Waals surface area contributed by atoms with E-state index in [0.717, 1.165) is 11.8 Å². The molecule has 0 unspecified atom stereocenters. The fourth-order valence-corrected chi connectivity index (χ4v) is 2.38. The maximum Gasteiger partial charge on any atom is 0.0601 e. The van der Waals surface area contributed by atoms with Crippen molar-refractivity contribution in [2.45, 2.75) is 31.9 Å². The van der Waals surface area contributed by atoms with Crippen molar-refractivity contribution in [1.82, 2.24) is 10.6 Å². The lowest BCUT2D eigenvalue weighted by molar-refractivity contribution is 0.0163.